The Morgan fingerprint density at radius 2 is 2.16 bits per heavy atom. The van der Waals surface area contributed by atoms with Crippen LogP contribution in [0.4, 0.5) is 10.5 Å². The summed E-state index contributed by atoms with van der Waals surface area (Å²) in [6.45, 7) is 3.26. The average molecular weight is 341 g/mol. The molecule has 3 rings (SSSR count). The van der Waals surface area contributed by atoms with Crippen molar-refractivity contribution in [2.45, 2.75) is 38.8 Å². The quantitative estimate of drug-likeness (QED) is 0.675. The number of aromatic nitrogens is 2. The zero-order chi connectivity index (χ0) is 17.6. The summed E-state index contributed by atoms with van der Waals surface area (Å²) >= 11 is 0. The number of benzene rings is 1. The maximum Gasteiger partial charge on any atom is 0.319 e. The number of carbonyl (C=O) groups is 2. The summed E-state index contributed by atoms with van der Waals surface area (Å²) in [5.41, 5.74) is 2.13. The number of hydrogen-bond acceptors (Lipinski definition) is 3. The van der Waals surface area contributed by atoms with E-state index in [0.717, 1.165) is 31.4 Å². The van der Waals surface area contributed by atoms with E-state index in [0.29, 0.717) is 23.8 Å². The lowest BCUT2D eigenvalue weighted by Gasteiger charge is -2.12. The first kappa shape index (κ1) is 17.0. The van der Waals surface area contributed by atoms with E-state index in [9.17, 15) is 9.59 Å². The molecule has 0 aliphatic heterocycles. The molecule has 1 aromatic heterocycles. The lowest BCUT2D eigenvalue weighted by Crippen LogP contribution is -2.30. The number of hydrogen-bond donors (Lipinski definition) is 3. The summed E-state index contributed by atoms with van der Waals surface area (Å²) in [6, 6.07) is 5.38. The molecule has 0 saturated heterocycles. The molecule has 0 atom stereocenters. The second-order valence-corrected chi connectivity index (χ2v) is 6.31. The van der Waals surface area contributed by atoms with Crippen LogP contribution in [0.25, 0.3) is 0 Å². The fourth-order valence-electron chi connectivity index (χ4n) is 2.44. The smallest absolute Gasteiger partial charge is 0.319 e. The molecule has 7 nitrogen and oxygen atoms in total. The predicted octanol–water partition coefficient (Wildman–Crippen LogP) is 2.30. The molecule has 3 N–H and O–H groups in total. The van der Waals surface area contributed by atoms with Crippen molar-refractivity contribution in [3.63, 3.8) is 0 Å². The zero-order valence-corrected chi connectivity index (χ0v) is 14.3. The molecule has 1 fully saturated rings. The Morgan fingerprint density at radius 1 is 1.32 bits per heavy atom. The Morgan fingerprint density at radius 3 is 2.88 bits per heavy atom. The van der Waals surface area contributed by atoms with E-state index in [1.54, 1.807) is 24.7 Å². The van der Waals surface area contributed by atoms with E-state index >= 15 is 0 Å². The Bertz CT molecular complexity index is 738. The molecule has 1 aliphatic rings. The largest absolute Gasteiger partial charge is 0.349 e. The van der Waals surface area contributed by atoms with Crippen molar-refractivity contribution in [1.29, 1.82) is 0 Å². The molecule has 132 valence electrons. The van der Waals surface area contributed by atoms with Gasteiger partial charge in [0.2, 0.25) is 0 Å². The summed E-state index contributed by atoms with van der Waals surface area (Å²) in [7, 11) is 0. The SMILES string of the molecule is Cc1ccc(C(=O)NC2CC2)cc1NC(=O)NCCCn1ccnc1. The average Bonchev–Trinajstić information content (AvgIpc) is 3.25. The number of nitrogens with one attached hydrogen (secondary N) is 3. The molecule has 1 aliphatic carbocycles. The molecule has 0 bridgehead atoms. The van der Waals surface area contributed by atoms with Gasteiger partial charge in [0.1, 0.15) is 0 Å². The molecule has 0 spiro atoms. The second-order valence-electron chi connectivity index (χ2n) is 6.31. The summed E-state index contributed by atoms with van der Waals surface area (Å²) in [5.74, 6) is -0.0914. The fraction of sp³-hybridized carbons (Fsp3) is 0.389. The van der Waals surface area contributed by atoms with E-state index in [1.165, 1.54) is 0 Å². The molecule has 0 radical (unpaired) electrons. The molecule has 2 aromatic rings. The summed E-state index contributed by atoms with van der Waals surface area (Å²) < 4.78 is 1.96. The minimum Gasteiger partial charge on any atom is -0.349 e. The van der Waals surface area contributed by atoms with E-state index < -0.39 is 0 Å². The van der Waals surface area contributed by atoms with Gasteiger partial charge >= 0.3 is 6.03 Å². The Hall–Kier alpha value is -2.83. The Kier molecular flexibility index (Phi) is 5.33. The third-order valence-corrected chi connectivity index (χ3v) is 4.10. The van der Waals surface area contributed by atoms with Crippen LogP contribution >= 0.6 is 0 Å². The normalized spacial score (nSPS) is 13.3. The van der Waals surface area contributed by atoms with E-state index in [4.69, 9.17) is 0 Å². The summed E-state index contributed by atoms with van der Waals surface area (Å²) in [4.78, 5) is 28.2. The predicted molar refractivity (Wildman–Crippen MR) is 95.5 cm³/mol. The highest BCUT2D eigenvalue weighted by molar-refractivity contribution is 5.97. The van der Waals surface area contributed by atoms with Crippen molar-refractivity contribution in [3.05, 3.63) is 48.0 Å². The highest BCUT2D eigenvalue weighted by atomic mass is 16.2. The van der Waals surface area contributed by atoms with Crippen LogP contribution in [-0.2, 0) is 6.54 Å². The third-order valence-electron chi connectivity index (χ3n) is 4.10. The maximum absolute atomic E-state index is 12.1. The van der Waals surface area contributed by atoms with E-state index in [1.807, 2.05) is 23.8 Å². The van der Waals surface area contributed by atoms with Gasteiger partial charge in [-0.05, 0) is 43.9 Å². The molecule has 7 heteroatoms. The minimum absolute atomic E-state index is 0.0914. The topological polar surface area (TPSA) is 88.0 Å². The molecular weight excluding hydrogens is 318 g/mol. The fourth-order valence-corrected chi connectivity index (χ4v) is 2.44. The van der Waals surface area contributed by atoms with Crippen LogP contribution < -0.4 is 16.0 Å². The zero-order valence-electron chi connectivity index (χ0n) is 14.3. The van der Waals surface area contributed by atoms with Gasteiger partial charge in [0.25, 0.3) is 5.91 Å². The van der Waals surface area contributed by atoms with Crippen molar-refractivity contribution in [1.82, 2.24) is 20.2 Å². The number of aryl methyl sites for hydroxylation is 2. The first-order chi connectivity index (χ1) is 12.1. The lowest BCUT2D eigenvalue weighted by atomic mass is 10.1. The lowest BCUT2D eigenvalue weighted by molar-refractivity contribution is 0.0951. The highest BCUT2D eigenvalue weighted by Gasteiger charge is 2.24. The number of imidazole rings is 1. The molecule has 1 saturated carbocycles. The van der Waals surface area contributed by atoms with Gasteiger partial charge in [-0.1, -0.05) is 6.07 Å². The molecule has 3 amide bonds. The maximum atomic E-state index is 12.1. The van der Waals surface area contributed by atoms with Gasteiger partial charge in [-0.3, -0.25) is 4.79 Å². The molecular formula is C18H23N5O2. The standard InChI is InChI=1S/C18H23N5O2/c1-13-3-4-14(17(24)21-15-5-6-15)11-16(13)22-18(25)20-7-2-9-23-10-8-19-12-23/h3-4,8,10-12,15H,2,5-7,9H2,1H3,(H,21,24)(H2,20,22,25). The number of rotatable bonds is 7. The number of urea groups is 1. The van der Waals surface area contributed by atoms with Gasteiger partial charge in [-0.25, -0.2) is 9.78 Å². The van der Waals surface area contributed by atoms with E-state index in [-0.39, 0.29) is 11.9 Å². The first-order valence-electron chi connectivity index (χ1n) is 8.54. The number of carbonyl (C=O) groups excluding carboxylic acids is 2. The second kappa shape index (κ2) is 7.83. The van der Waals surface area contributed by atoms with Crippen LogP contribution in [0.1, 0.15) is 35.2 Å². The van der Waals surface area contributed by atoms with E-state index in [2.05, 4.69) is 20.9 Å². The molecule has 25 heavy (non-hydrogen) atoms. The third kappa shape index (κ3) is 5.07. The number of amides is 3. The van der Waals surface area contributed by atoms with Crippen LogP contribution in [0.5, 0.6) is 0 Å². The van der Waals surface area contributed by atoms with Crippen LogP contribution in [-0.4, -0.2) is 34.1 Å². The first-order valence-corrected chi connectivity index (χ1v) is 8.54. The van der Waals surface area contributed by atoms with Gasteiger partial charge in [-0.2, -0.15) is 0 Å². The van der Waals surface area contributed by atoms with Gasteiger partial charge in [-0.15, -0.1) is 0 Å². The molecule has 0 unspecified atom stereocenters. The molecule has 1 aromatic carbocycles. The summed E-state index contributed by atoms with van der Waals surface area (Å²) in [6.07, 6.45) is 8.28. The number of nitrogens with zero attached hydrogens (tertiary/aromatic N) is 2. The molecule has 1 heterocycles. The van der Waals surface area contributed by atoms with Crippen molar-refractivity contribution < 1.29 is 9.59 Å². The van der Waals surface area contributed by atoms with Crippen LogP contribution in [0.2, 0.25) is 0 Å². The van der Waals surface area contributed by atoms with Crippen molar-refractivity contribution in [2.24, 2.45) is 0 Å². The van der Waals surface area contributed by atoms with Crippen LogP contribution in [0.3, 0.4) is 0 Å². The highest BCUT2D eigenvalue weighted by Crippen LogP contribution is 2.21. The van der Waals surface area contributed by atoms with Crippen molar-refractivity contribution in [3.8, 4) is 0 Å². The summed E-state index contributed by atoms with van der Waals surface area (Å²) in [5, 5.41) is 8.60. The monoisotopic (exact) mass is 341 g/mol. The van der Waals surface area contributed by atoms with Crippen molar-refractivity contribution >= 4 is 17.6 Å². The van der Waals surface area contributed by atoms with Gasteiger partial charge in [0.15, 0.2) is 0 Å². The van der Waals surface area contributed by atoms with Crippen LogP contribution in [0, 0.1) is 6.92 Å². The minimum atomic E-state index is -0.270. The van der Waals surface area contributed by atoms with Gasteiger partial charge < -0.3 is 20.5 Å². The van der Waals surface area contributed by atoms with Gasteiger partial charge in [0.05, 0.1) is 6.33 Å². The Balaban J connectivity index is 1.48. The van der Waals surface area contributed by atoms with Gasteiger partial charge in [0, 0.05) is 42.8 Å². The number of anilines is 1. The van der Waals surface area contributed by atoms with Crippen molar-refractivity contribution in [2.75, 3.05) is 11.9 Å². The van der Waals surface area contributed by atoms with Crippen LogP contribution in [0.15, 0.2) is 36.9 Å². The Labute approximate surface area is 146 Å².